The Labute approximate surface area is 121 Å². The average Bonchev–Trinajstić information content (AvgIpc) is 2.91. The standard InChI is InChI=1S/C17H23N3/c1-4-13-5-7-14(8-6-13)16-17-15(9-10-18-16)20(11-19-17)12(2)3/h5-8,11-12,16,18H,4,9-10H2,1-3H3. The van der Waals surface area contributed by atoms with Crippen LogP contribution in [-0.2, 0) is 12.8 Å². The van der Waals surface area contributed by atoms with Crippen LogP contribution in [-0.4, -0.2) is 16.1 Å². The molecule has 0 fully saturated rings. The number of aryl methyl sites for hydroxylation is 1. The lowest BCUT2D eigenvalue weighted by Crippen LogP contribution is -2.31. The van der Waals surface area contributed by atoms with E-state index < -0.39 is 0 Å². The first-order valence-corrected chi connectivity index (χ1v) is 7.58. The van der Waals surface area contributed by atoms with E-state index in [0.29, 0.717) is 6.04 Å². The first kappa shape index (κ1) is 13.4. The van der Waals surface area contributed by atoms with E-state index in [1.807, 2.05) is 6.33 Å². The molecule has 0 amide bonds. The Balaban J connectivity index is 1.96. The molecular weight excluding hydrogens is 246 g/mol. The molecule has 0 radical (unpaired) electrons. The predicted octanol–water partition coefficient (Wildman–Crippen LogP) is 3.26. The van der Waals surface area contributed by atoms with Crippen molar-refractivity contribution in [2.45, 2.75) is 45.7 Å². The molecule has 1 unspecified atom stereocenters. The highest BCUT2D eigenvalue weighted by atomic mass is 15.1. The second-order valence-corrected chi connectivity index (χ2v) is 5.81. The monoisotopic (exact) mass is 269 g/mol. The van der Waals surface area contributed by atoms with Crippen LogP contribution in [0.4, 0.5) is 0 Å². The van der Waals surface area contributed by atoms with Crippen LogP contribution in [0.5, 0.6) is 0 Å². The summed E-state index contributed by atoms with van der Waals surface area (Å²) in [6, 6.07) is 9.65. The van der Waals surface area contributed by atoms with Crippen LogP contribution in [0.3, 0.4) is 0 Å². The molecule has 0 aliphatic carbocycles. The maximum absolute atomic E-state index is 4.68. The van der Waals surface area contributed by atoms with Crippen molar-refractivity contribution in [2.24, 2.45) is 0 Å². The van der Waals surface area contributed by atoms with Gasteiger partial charge < -0.3 is 9.88 Å². The zero-order valence-corrected chi connectivity index (χ0v) is 12.6. The van der Waals surface area contributed by atoms with Crippen LogP contribution in [0, 0.1) is 0 Å². The number of imidazole rings is 1. The van der Waals surface area contributed by atoms with Gasteiger partial charge in [-0.2, -0.15) is 0 Å². The van der Waals surface area contributed by atoms with Crippen molar-refractivity contribution in [1.82, 2.24) is 14.9 Å². The molecule has 1 atom stereocenters. The van der Waals surface area contributed by atoms with E-state index in [0.717, 1.165) is 19.4 Å². The summed E-state index contributed by atoms with van der Waals surface area (Å²) >= 11 is 0. The second-order valence-electron chi connectivity index (χ2n) is 5.81. The van der Waals surface area contributed by atoms with Gasteiger partial charge in [0.05, 0.1) is 18.1 Å². The minimum atomic E-state index is 0.240. The third kappa shape index (κ3) is 2.27. The van der Waals surface area contributed by atoms with Gasteiger partial charge in [0.15, 0.2) is 0 Å². The van der Waals surface area contributed by atoms with Gasteiger partial charge in [-0.15, -0.1) is 0 Å². The van der Waals surface area contributed by atoms with Crippen LogP contribution in [0.2, 0.25) is 0 Å². The fraction of sp³-hybridized carbons (Fsp3) is 0.471. The van der Waals surface area contributed by atoms with Gasteiger partial charge in [0.1, 0.15) is 0 Å². The molecule has 1 aromatic heterocycles. The number of nitrogens with one attached hydrogen (secondary N) is 1. The predicted molar refractivity (Wildman–Crippen MR) is 82.0 cm³/mol. The highest BCUT2D eigenvalue weighted by molar-refractivity contribution is 5.34. The number of rotatable bonds is 3. The second kappa shape index (κ2) is 5.41. The first-order valence-electron chi connectivity index (χ1n) is 7.58. The number of hydrogen-bond donors (Lipinski definition) is 1. The van der Waals surface area contributed by atoms with E-state index in [9.17, 15) is 0 Å². The van der Waals surface area contributed by atoms with E-state index in [-0.39, 0.29) is 6.04 Å². The number of nitrogens with zero attached hydrogens (tertiary/aromatic N) is 2. The summed E-state index contributed by atoms with van der Waals surface area (Å²) in [5, 5.41) is 3.61. The first-order chi connectivity index (χ1) is 9.70. The molecule has 2 heterocycles. The van der Waals surface area contributed by atoms with Gasteiger partial charge in [-0.3, -0.25) is 0 Å². The van der Waals surface area contributed by atoms with Crippen molar-refractivity contribution in [3.63, 3.8) is 0 Å². The van der Waals surface area contributed by atoms with Gasteiger partial charge in [0, 0.05) is 24.7 Å². The molecule has 1 N–H and O–H groups in total. The highest BCUT2D eigenvalue weighted by Gasteiger charge is 2.26. The fourth-order valence-corrected chi connectivity index (χ4v) is 3.00. The van der Waals surface area contributed by atoms with Gasteiger partial charge in [-0.05, 0) is 31.4 Å². The number of fused-ring (bicyclic) bond motifs is 1. The molecule has 2 aromatic rings. The van der Waals surface area contributed by atoms with E-state index in [4.69, 9.17) is 0 Å². The lowest BCUT2D eigenvalue weighted by molar-refractivity contribution is 0.513. The van der Waals surface area contributed by atoms with Crippen LogP contribution in [0.1, 0.15) is 55.4 Å². The van der Waals surface area contributed by atoms with Crippen molar-refractivity contribution in [3.8, 4) is 0 Å². The van der Waals surface area contributed by atoms with E-state index in [2.05, 4.69) is 59.9 Å². The van der Waals surface area contributed by atoms with Crippen LogP contribution in [0.25, 0.3) is 0 Å². The van der Waals surface area contributed by atoms with Gasteiger partial charge in [-0.1, -0.05) is 31.2 Å². The van der Waals surface area contributed by atoms with Gasteiger partial charge in [-0.25, -0.2) is 4.98 Å². The van der Waals surface area contributed by atoms with Crippen LogP contribution in [0.15, 0.2) is 30.6 Å². The molecule has 0 saturated heterocycles. The topological polar surface area (TPSA) is 29.9 Å². The Morgan fingerprint density at radius 2 is 2.05 bits per heavy atom. The maximum Gasteiger partial charge on any atom is 0.0954 e. The summed E-state index contributed by atoms with van der Waals surface area (Å²) in [4.78, 5) is 4.68. The minimum Gasteiger partial charge on any atom is -0.332 e. The quantitative estimate of drug-likeness (QED) is 0.927. The Bertz CT molecular complexity index is 581. The van der Waals surface area contributed by atoms with Gasteiger partial charge in [0.2, 0.25) is 0 Å². The third-order valence-electron chi connectivity index (χ3n) is 4.19. The molecule has 1 aliphatic heterocycles. The van der Waals surface area contributed by atoms with Crippen molar-refractivity contribution in [3.05, 3.63) is 53.1 Å². The average molecular weight is 269 g/mol. The third-order valence-corrected chi connectivity index (χ3v) is 4.19. The highest BCUT2D eigenvalue weighted by Crippen LogP contribution is 2.29. The van der Waals surface area contributed by atoms with Gasteiger partial charge >= 0.3 is 0 Å². The van der Waals surface area contributed by atoms with Gasteiger partial charge in [0.25, 0.3) is 0 Å². The molecule has 3 rings (SSSR count). The number of hydrogen-bond acceptors (Lipinski definition) is 2. The van der Waals surface area contributed by atoms with Crippen LogP contribution < -0.4 is 5.32 Å². The zero-order chi connectivity index (χ0) is 14.1. The van der Waals surface area contributed by atoms with E-state index >= 15 is 0 Å². The Morgan fingerprint density at radius 1 is 1.30 bits per heavy atom. The number of benzene rings is 1. The lowest BCUT2D eigenvalue weighted by Gasteiger charge is -2.25. The summed E-state index contributed by atoms with van der Waals surface area (Å²) in [6.07, 6.45) is 4.15. The Kier molecular flexibility index (Phi) is 3.62. The Hall–Kier alpha value is -1.61. The van der Waals surface area contributed by atoms with E-state index in [1.54, 1.807) is 0 Å². The minimum absolute atomic E-state index is 0.240. The van der Waals surface area contributed by atoms with Crippen molar-refractivity contribution < 1.29 is 0 Å². The fourth-order valence-electron chi connectivity index (χ4n) is 3.00. The largest absolute Gasteiger partial charge is 0.332 e. The molecule has 3 heteroatoms. The molecule has 3 nitrogen and oxygen atoms in total. The molecular formula is C17H23N3. The van der Waals surface area contributed by atoms with Crippen molar-refractivity contribution in [2.75, 3.05) is 6.54 Å². The summed E-state index contributed by atoms with van der Waals surface area (Å²) < 4.78 is 2.31. The summed E-state index contributed by atoms with van der Waals surface area (Å²) in [7, 11) is 0. The molecule has 1 aliphatic rings. The summed E-state index contributed by atoms with van der Waals surface area (Å²) in [5.74, 6) is 0. The lowest BCUT2D eigenvalue weighted by atomic mass is 9.96. The Morgan fingerprint density at radius 3 is 2.70 bits per heavy atom. The molecule has 0 spiro atoms. The summed E-state index contributed by atoms with van der Waals surface area (Å²) in [5.41, 5.74) is 5.30. The zero-order valence-electron chi connectivity index (χ0n) is 12.6. The normalized spacial score (nSPS) is 18.3. The van der Waals surface area contributed by atoms with Crippen molar-refractivity contribution >= 4 is 0 Å². The molecule has 1 aromatic carbocycles. The number of aromatic nitrogens is 2. The molecule has 0 bridgehead atoms. The maximum atomic E-state index is 4.68. The van der Waals surface area contributed by atoms with Crippen LogP contribution >= 0.6 is 0 Å². The summed E-state index contributed by atoms with van der Waals surface area (Å²) in [6.45, 7) is 7.64. The smallest absolute Gasteiger partial charge is 0.0954 e. The van der Waals surface area contributed by atoms with Crippen molar-refractivity contribution in [1.29, 1.82) is 0 Å². The van der Waals surface area contributed by atoms with E-state index in [1.165, 1.54) is 22.5 Å². The molecule has 106 valence electrons. The molecule has 20 heavy (non-hydrogen) atoms. The molecule has 0 saturated carbocycles. The SMILES string of the molecule is CCc1ccc(C2NCCc3c2ncn3C(C)C)cc1.